The molecule has 2 atom stereocenters. The summed E-state index contributed by atoms with van der Waals surface area (Å²) in [4.78, 5) is 11.5. The maximum Gasteiger partial charge on any atom is 0.224 e. The lowest BCUT2D eigenvalue weighted by molar-refractivity contribution is -0.115. The van der Waals surface area contributed by atoms with Crippen molar-refractivity contribution in [2.24, 2.45) is 5.92 Å². The van der Waals surface area contributed by atoms with Crippen molar-refractivity contribution >= 4 is 17.3 Å². The number of amides is 1. The summed E-state index contributed by atoms with van der Waals surface area (Å²) in [6.07, 6.45) is 5.64. The molecular weight excluding hydrogens is 248 g/mol. The smallest absolute Gasteiger partial charge is 0.224 e. The molecule has 1 aromatic carbocycles. The number of anilines is 2. The molecule has 0 aromatic heterocycles. The Morgan fingerprint density at radius 3 is 2.75 bits per heavy atom. The van der Waals surface area contributed by atoms with Gasteiger partial charge in [-0.1, -0.05) is 26.3 Å². The number of hydrogen-bond acceptors (Lipinski definition) is 2. The Hall–Kier alpha value is -1.51. The fourth-order valence-electron chi connectivity index (χ4n) is 2.90. The summed E-state index contributed by atoms with van der Waals surface area (Å²) in [5, 5.41) is 6.58. The predicted octanol–water partition coefficient (Wildman–Crippen LogP) is 4.33. The largest absolute Gasteiger partial charge is 0.382 e. The molecule has 2 N–H and O–H groups in total. The highest BCUT2D eigenvalue weighted by Gasteiger charge is 2.23. The van der Waals surface area contributed by atoms with Gasteiger partial charge >= 0.3 is 0 Å². The van der Waals surface area contributed by atoms with E-state index in [1.54, 1.807) is 0 Å². The predicted molar refractivity (Wildman–Crippen MR) is 85.1 cm³/mol. The van der Waals surface area contributed by atoms with Crippen molar-refractivity contribution in [2.45, 2.75) is 58.9 Å². The molecule has 0 bridgehead atoms. The maximum absolute atomic E-state index is 11.5. The highest BCUT2D eigenvalue weighted by Crippen LogP contribution is 2.31. The summed E-state index contributed by atoms with van der Waals surface area (Å²) in [5.41, 5.74) is 3.27. The minimum Gasteiger partial charge on any atom is -0.382 e. The van der Waals surface area contributed by atoms with Crippen LogP contribution in [-0.4, -0.2) is 11.9 Å². The van der Waals surface area contributed by atoms with Crippen molar-refractivity contribution in [3.63, 3.8) is 0 Å². The molecule has 2 unspecified atom stereocenters. The Balaban J connectivity index is 2.03. The molecule has 0 aliphatic heterocycles. The molecule has 1 aromatic rings. The lowest BCUT2D eigenvalue weighted by Gasteiger charge is -2.17. The third-order valence-corrected chi connectivity index (χ3v) is 4.32. The maximum atomic E-state index is 11.5. The van der Waals surface area contributed by atoms with Gasteiger partial charge in [-0.2, -0.15) is 0 Å². The van der Waals surface area contributed by atoms with Crippen LogP contribution in [0.1, 0.15) is 51.5 Å². The lowest BCUT2D eigenvalue weighted by atomic mass is 10.1. The van der Waals surface area contributed by atoms with Gasteiger partial charge in [0.05, 0.1) is 0 Å². The van der Waals surface area contributed by atoms with Gasteiger partial charge in [0.1, 0.15) is 0 Å². The average molecular weight is 274 g/mol. The highest BCUT2D eigenvalue weighted by atomic mass is 16.1. The zero-order valence-electron chi connectivity index (χ0n) is 12.8. The van der Waals surface area contributed by atoms with Crippen LogP contribution in [-0.2, 0) is 4.79 Å². The van der Waals surface area contributed by atoms with Crippen molar-refractivity contribution < 1.29 is 4.79 Å². The second-order valence-corrected chi connectivity index (χ2v) is 5.86. The normalized spacial score (nSPS) is 21.8. The topological polar surface area (TPSA) is 41.1 Å². The first-order chi connectivity index (χ1) is 9.62. The van der Waals surface area contributed by atoms with E-state index in [1.807, 2.05) is 13.0 Å². The standard InChI is InChI=1S/C17H26N2O/c1-4-13-7-9-14(10-13)18-16-11-15(8-6-12(16)3)19-17(20)5-2/h6,8,11,13-14,18H,4-5,7,9-10H2,1-3H3,(H,19,20). The van der Waals surface area contributed by atoms with Gasteiger partial charge in [-0.25, -0.2) is 0 Å². The van der Waals surface area contributed by atoms with E-state index < -0.39 is 0 Å². The van der Waals surface area contributed by atoms with Crippen LogP contribution in [0.2, 0.25) is 0 Å². The molecule has 1 aliphatic carbocycles. The van der Waals surface area contributed by atoms with Crippen LogP contribution < -0.4 is 10.6 Å². The number of hydrogen-bond donors (Lipinski definition) is 2. The lowest BCUT2D eigenvalue weighted by Crippen LogP contribution is -2.17. The summed E-state index contributed by atoms with van der Waals surface area (Å²) >= 11 is 0. The number of carbonyl (C=O) groups is 1. The molecule has 1 amide bonds. The quantitative estimate of drug-likeness (QED) is 0.839. The number of nitrogens with one attached hydrogen (secondary N) is 2. The summed E-state index contributed by atoms with van der Waals surface area (Å²) in [5.74, 6) is 0.933. The molecule has 0 heterocycles. The van der Waals surface area contributed by atoms with Crippen LogP contribution in [0.5, 0.6) is 0 Å². The Labute approximate surface area is 122 Å². The minimum absolute atomic E-state index is 0.0618. The van der Waals surface area contributed by atoms with Crippen molar-refractivity contribution in [3.8, 4) is 0 Å². The first kappa shape index (κ1) is 14.9. The molecule has 110 valence electrons. The number of benzene rings is 1. The fraction of sp³-hybridized carbons (Fsp3) is 0.588. The van der Waals surface area contributed by atoms with E-state index in [9.17, 15) is 4.79 Å². The molecule has 3 nitrogen and oxygen atoms in total. The van der Waals surface area contributed by atoms with Crippen molar-refractivity contribution in [2.75, 3.05) is 10.6 Å². The second-order valence-electron chi connectivity index (χ2n) is 5.86. The third kappa shape index (κ3) is 3.75. The molecule has 0 saturated heterocycles. The van der Waals surface area contributed by atoms with Crippen LogP contribution in [0, 0.1) is 12.8 Å². The van der Waals surface area contributed by atoms with Gasteiger partial charge in [0, 0.05) is 23.8 Å². The SMILES string of the molecule is CCC(=O)Nc1ccc(C)c(NC2CCC(CC)C2)c1. The van der Waals surface area contributed by atoms with Gasteiger partial charge in [0.2, 0.25) is 5.91 Å². The number of aryl methyl sites for hydroxylation is 1. The van der Waals surface area contributed by atoms with E-state index in [2.05, 4.69) is 36.6 Å². The van der Waals surface area contributed by atoms with Gasteiger partial charge in [0.15, 0.2) is 0 Å². The van der Waals surface area contributed by atoms with Crippen molar-refractivity contribution in [1.82, 2.24) is 0 Å². The average Bonchev–Trinajstić information content (AvgIpc) is 2.90. The summed E-state index contributed by atoms with van der Waals surface area (Å²) in [7, 11) is 0. The number of rotatable bonds is 5. The molecule has 1 saturated carbocycles. The van der Waals surface area contributed by atoms with E-state index in [0.717, 1.165) is 17.3 Å². The third-order valence-electron chi connectivity index (χ3n) is 4.32. The summed E-state index contributed by atoms with van der Waals surface area (Å²) < 4.78 is 0. The molecule has 0 radical (unpaired) electrons. The molecule has 20 heavy (non-hydrogen) atoms. The monoisotopic (exact) mass is 274 g/mol. The first-order valence-electron chi connectivity index (χ1n) is 7.79. The van der Waals surface area contributed by atoms with Crippen LogP contribution in [0.3, 0.4) is 0 Å². The molecular formula is C17H26N2O. The summed E-state index contributed by atoms with van der Waals surface area (Å²) in [6.45, 7) is 6.26. The van der Waals surface area contributed by atoms with E-state index in [4.69, 9.17) is 0 Å². The van der Waals surface area contributed by atoms with Gasteiger partial charge in [-0.15, -0.1) is 0 Å². The molecule has 1 aliphatic rings. The Kier molecular flexibility index (Phi) is 5.05. The van der Waals surface area contributed by atoms with Gasteiger partial charge < -0.3 is 10.6 Å². The molecule has 0 spiro atoms. The van der Waals surface area contributed by atoms with E-state index in [-0.39, 0.29) is 5.91 Å². The zero-order chi connectivity index (χ0) is 14.5. The molecule has 3 heteroatoms. The van der Waals surface area contributed by atoms with Crippen molar-refractivity contribution in [3.05, 3.63) is 23.8 Å². The Morgan fingerprint density at radius 1 is 1.30 bits per heavy atom. The molecule has 1 fully saturated rings. The zero-order valence-corrected chi connectivity index (χ0v) is 12.8. The first-order valence-corrected chi connectivity index (χ1v) is 7.79. The second kappa shape index (κ2) is 6.78. The number of carbonyl (C=O) groups excluding carboxylic acids is 1. The van der Waals surface area contributed by atoms with E-state index in [0.29, 0.717) is 12.5 Å². The van der Waals surface area contributed by atoms with Gasteiger partial charge in [-0.3, -0.25) is 4.79 Å². The molecule has 2 rings (SSSR count). The van der Waals surface area contributed by atoms with Crippen molar-refractivity contribution in [1.29, 1.82) is 0 Å². The van der Waals surface area contributed by atoms with Crippen LogP contribution in [0.25, 0.3) is 0 Å². The Bertz CT molecular complexity index is 470. The Morgan fingerprint density at radius 2 is 2.10 bits per heavy atom. The fourth-order valence-corrected chi connectivity index (χ4v) is 2.90. The van der Waals surface area contributed by atoms with Crippen LogP contribution in [0.4, 0.5) is 11.4 Å². The summed E-state index contributed by atoms with van der Waals surface area (Å²) in [6, 6.07) is 6.68. The van der Waals surface area contributed by atoms with E-state index >= 15 is 0 Å². The van der Waals surface area contributed by atoms with Crippen LogP contribution >= 0.6 is 0 Å². The van der Waals surface area contributed by atoms with Gasteiger partial charge in [-0.05, 0) is 49.8 Å². The van der Waals surface area contributed by atoms with Crippen LogP contribution in [0.15, 0.2) is 18.2 Å². The van der Waals surface area contributed by atoms with Gasteiger partial charge in [0.25, 0.3) is 0 Å². The minimum atomic E-state index is 0.0618. The highest BCUT2D eigenvalue weighted by molar-refractivity contribution is 5.91. The van der Waals surface area contributed by atoms with E-state index in [1.165, 1.54) is 31.2 Å².